The highest BCUT2D eigenvalue weighted by atomic mass is 32.2. The van der Waals surface area contributed by atoms with E-state index in [2.05, 4.69) is 75.1 Å². The number of rotatable bonds is 48. The summed E-state index contributed by atoms with van der Waals surface area (Å²) < 4.78 is 61.0. The van der Waals surface area contributed by atoms with E-state index in [-0.39, 0.29) is 29.9 Å². The molecule has 0 spiro atoms. The van der Waals surface area contributed by atoms with Crippen LogP contribution in [0.5, 0.6) is 0 Å². The maximum Gasteiger partial charge on any atom is 0.315 e. The average Bonchev–Trinajstić information content (AvgIpc) is 4.12. The van der Waals surface area contributed by atoms with Gasteiger partial charge in [-0.25, -0.2) is 4.79 Å². The first-order chi connectivity index (χ1) is 38.9. The van der Waals surface area contributed by atoms with Gasteiger partial charge in [-0.3, -0.25) is 9.59 Å². The largest absolute Gasteiger partial charge is 0.377 e. The average molecular weight is 1130 g/mol. The molecular weight excluding hydrogens is 1040 g/mol. The predicted octanol–water partition coefficient (Wildman–Crippen LogP) is 4.14. The van der Waals surface area contributed by atoms with Gasteiger partial charge in [-0.15, -0.1) is 0 Å². The highest BCUT2D eigenvalue weighted by Gasteiger charge is 2.43. The Bertz CT molecular complexity index is 1940. The fourth-order valence-electron chi connectivity index (χ4n) is 9.68. The third-order valence-electron chi connectivity index (χ3n) is 14.2. The number of nitrogens with two attached hydrogens (primary N) is 1. The lowest BCUT2D eigenvalue weighted by molar-refractivity contribution is -0.122. The number of hydrogen-bond acceptors (Lipinski definition) is 17. The normalized spacial score (nSPS) is 21.4. The summed E-state index contributed by atoms with van der Waals surface area (Å²) in [4.78, 5) is 36.0. The van der Waals surface area contributed by atoms with Crippen molar-refractivity contribution in [3.8, 4) is 11.1 Å². The standard InChI is InChI=1S/C58H94N6O14S/c59-49-13-15-50(16-14-49)62-52-43-51(52)48-5-3-4-47(42-48)46-11-8-45(9-12-46)10-17-56(66)61-19-21-69-23-25-71-27-29-73-31-33-75-35-37-77-39-41-78-40-38-76-36-34-74-32-30-72-28-26-70-24-22-68-20-18-60-55(65)7-2-1-6-54-57-53(44-79-54)63-58(67)64-57/h3-5,8-9,11-12,42,49-54,57,62H,1-2,6-7,10,13-41,43-44,59H2,(H,60,65)(H,61,66)(H2,63,64,67)/t49?,50?,51-,52+,53+,54-,57+/m0/s1. The zero-order valence-corrected chi connectivity index (χ0v) is 47.6. The minimum atomic E-state index is -0.0632. The lowest BCUT2D eigenvalue weighted by Gasteiger charge is -2.27. The molecule has 21 heteroatoms. The Morgan fingerprint density at radius 2 is 1.04 bits per heavy atom. The molecule has 2 saturated carbocycles. The Balaban J connectivity index is 0.580. The molecule has 0 bridgehead atoms. The molecule has 2 aromatic carbocycles. The number of thioether (sulfide) groups is 1. The van der Waals surface area contributed by atoms with Crippen molar-refractivity contribution in [1.82, 2.24) is 26.6 Å². The smallest absolute Gasteiger partial charge is 0.315 e. The van der Waals surface area contributed by atoms with Crippen molar-refractivity contribution in [2.75, 3.05) is 164 Å². The van der Waals surface area contributed by atoms with Gasteiger partial charge in [0.1, 0.15) is 0 Å². The van der Waals surface area contributed by atoms with E-state index in [1.165, 1.54) is 36.0 Å². The molecule has 5 atom stereocenters. The summed E-state index contributed by atoms with van der Waals surface area (Å²) in [7, 11) is 0. The van der Waals surface area contributed by atoms with E-state index in [1.54, 1.807) is 0 Å². The molecule has 79 heavy (non-hydrogen) atoms. The van der Waals surface area contributed by atoms with Gasteiger partial charge in [-0.2, -0.15) is 11.8 Å². The monoisotopic (exact) mass is 1130 g/mol. The fourth-order valence-corrected chi connectivity index (χ4v) is 11.2. The highest BCUT2D eigenvalue weighted by Crippen LogP contribution is 2.43. The lowest BCUT2D eigenvalue weighted by Crippen LogP contribution is -2.38. The molecule has 7 N–H and O–H groups in total. The minimum Gasteiger partial charge on any atom is -0.377 e. The lowest BCUT2D eigenvalue weighted by atomic mass is 9.91. The molecule has 0 aromatic heterocycles. The van der Waals surface area contributed by atoms with E-state index in [4.69, 9.17) is 57.8 Å². The Morgan fingerprint density at radius 3 is 1.54 bits per heavy atom. The maximum atomic E-state index is 12.4. The van der Waals surface area contributed by atoms with Crippen LogP contribution in [0, 0.1) is 0 Å². The summed E-state index contributed by atoms with van der Waals surface area (Å²) in [5.41, 5.74) is 11.1. The summed E-state index contributed by atoms with van der Waals surface area (Å²) in [5, 5.41) is 16.1. The first kappa shape index (κ1) is 64.6. The van der Waals surface area contributed by atoms with Crippen LogP contribution in [0.3, 0.4) is 0 Å². The number of amides is 4. The van der Waals surface area contributed by atoms with Gasteiger partial charge in [0.05, 0.1) is 157 Å². The number of unbranched alkanes of at least 4 members (excludes halogenated alkanes) is 1. The number of aryl methyl sites for hydroxylation is 1. The summed E-state index contributed by atoms with van der Waals surface area (Å²) in [6.45, 7) is 11.3. The second-order valence-electron chi connectivity index (χ2n) is 20.4. The minimum absolute atomic E-state index is 0.0181. The van der Waals surface area contributed by atoms with Crippen LogP contribution in [0.15, 0.2) is 48.5 Å². The van der Waals surface area contributed by atoms with Crippen molar-refractivity contribution in [2.45, 2.75) is 112 Å². The van der Waals surface area contributed by atoms with Gasteiger partial charge in [-0.05, 0) is 73.6 Å². The molecular formula is C58H94N6O14S. The van der Waals surface area contributed by atoms with Crippen molar-refractivity contribution in [3.05, 3.63) is 59.7 Å². The molecule has 0 radical (unpaired) electrons. The molecule has 4 aliphatic rings. The molecule has 0 unspecified atom stereocenters. The topological polar surface area (TPSA) is 239 Å². The molecule has 6 rings (SSSR count). The van der Waals surface area contributed by atoms with Crippen LogP contribution in [-0.2, 0) is 68.1 Å². The molecule has 2 heterocycles. The number of carbonyl (C=O) groups is 3. The molecule has 4 fully saturated rings. The Labute approximate surface area is 473 Å². The van der Waals surface area contributed by atoms with Gasteiger partial charge in [0.25, 0.3) is 0 Å². The first-order valence-corrected chi connectivity index (χ1v) is 30.2. The fraction of sp³-hybridized carbons (Fsp3) is 0.741. The van der Waals surface area contributed by atoms with Crippen LogP contribution in [0.1, 0.15) is 81.3 Å². The van der Waals surface area contributed by atoms with Crippen LogP contribution in [0.4, 0.5) is 4.79 Å². The number of fused-ring (bicyclic) bond motifs is 1. The van der Waals surface area contributed by atoms with E-state index in [9.17, 15) is 14.4 Å². The second kappa shape index (κ2) is 40.6. The molecule has 2 aromatic rings. The second-order valence-corrected chi connectivity index (χ2v) is 21.6. The highest BCUT2D eigenvalue weighted by molar-refractivity contribution is 8.00. The summed E-state index contributed by atoms with van der Waals surface area (Å²) in [6.07, 6.45) is 10.3. The Hall–Kier alpha value is -3.52. The molecule has 20 nitrogen and oxygen atoms in total. The van der Waals surface area contributed by atoms with Crippen molar-refractivity contribution in [1.29, 1.82) is 0 Å². The number of nitrogens with one attached hydrogen (secondary N) is 5. The number of benzene rings is 2. The van der Waals surface area contributed by atoms with Gasteiger partial charge < -0.3 is 84.4 Å². The van der Waals surface area contributed by atoms with Crippen LogP contribution in [-0.4, -0.2) is 217 Å². The van der Waals surface area contributed by atoms with Gasteiger partial charge in [0.2, 0.25) is 11.8 Å². The molecule has 2 aliphatic heterocycles. The van der Waals surface area contributed by atoms with Crippen molar-refractivity contribution in [3.63, 3.8) is 0 Å². The summed E-state index contributed by atoms with van der Waals surface area (Å²) in [5.74, 6) is 1.60. The number of urea groups is 1. The summed E-state index contributed by atoms with van der Waals surface area (Å²) in [6, 6.07) is 19.5. The van der Waals surface area contributed by atoms with Crippen LogP contribution < -0.4 is 32.3 Å². The number of ether oxygens (including phenoxy) is 11. The van der Waals surface area contributed by atoms with Gasteiger partial charge in [0, 0.05) is 61.0 Å². The zero-order chi connectivity index (χ0) is 55.2. The van der Waals surface area contributed by atoms with E-state index in [0.717, 1.165) is 43.4 Å². The van der Waals surface area contributed by atoms with Crippen molar-refractivity contribution < 1.29 is 66.5 Å². The predicted molar refractivity (Wildman–Crippen MR) is 304 cm³/mol. The SMILES string of the molecule is NC1CCC(N[C@@H]2C[C@H]2c2cccc(-c3ccc(CCC(=O)NCCOCCOCCOCCOCCOCCOCCOCCOCCOCCOCCOCCNC(=O)CCCC[C@@H]4SC[C@H]5NC(=O)N[C@@H]45)cc3)c2)CC1. The number of carbonyl (C=O) groups excluding carboxylic acids is 3. The third kappa shape index (κ3) is 28.3. The van der Waals surface area contributed by atoms with Crippen LogP contribution >= 0.6 is 11.8 Å². The number of hydrogen-bond donors (Lipinski definition) is 6. The van der Waals surface area contributed by atoms with Crippen LogP contribution in [0.25, 0.3) is 11.1 Å². The van der Waals surface area contributed by atoms with Gasteiger partial charge in [0.15, 0.2) is 0 Å². The van der Waals surface area contributed by atoms with Gasteiger partial charge in [-0.1, -0.05) is 55.0 Å². The van der Waals surface area contributed by atoms with E-state index < -0.39 is 0 Å². The Kier molecular flexibility index (Phi) is 33.3. The van der Waals surface area contributed by atoms with E-state index in [0.29, 0.717) is 207 Å². The summed E-state index contributed by atoms with van der Waals surface area (Å²) >= 11 is 1.90. The van der Waals surface area contributed by atoms with Gasteiger partial charge >= 0.3 is 6.03 Å². The molecule has 4 amide bonds. The zero-order valence-electron chi connectivity index (χ0n) is 46.8. The van der Waals surface area contributed by atoms with E-state index >= 15 is 0 Å². The van der Waals surface area contributed by atoms with E-state index in [1.807, 2.05) is 11.8 Å². The van der Waals surface area contributed by atoms with Crippen LogP contribution in [0.2, 0.25) is 0 Å². The molecule has 446 valence electrons. The molecule has 2 aliphatic carbocycles. The van der Waals surface area contributed by atoms with Crippen molar-refractivity contribution in [2.24, 2.45) is 5.73 Å². The first-order valence-electron chi connectivity index (χ1n) is 29.2. The Morgan fingerprint density at radius 1 is 0.557 bits per heavy atom. The quantitative estimate of drug-likeness (QED) is 0.0403. The van der Waals surface area contributed by atoms with Crippen molar-refractivity contribution >= 4 is 29.6 Å². The third-order valence-corrected chi connectivity index (χ3v) is 15.7. The molecule has 2 saturated heterocycles. The maximum absolute atomic E-state index is 12.4.